The Balaban J connectivity index is 1.49. The van der Waals surface area contributed by atoms with E-state index in [1.165, 1.54) is 0 Å². The van der Waals surface area contributed by atoms with Crippen LogP contribution in [0.2, 0.25) is 0 Å². The van der Waals surface area contributed by atoms with Crippen molar-refractivity contribution in [2.75, 3.05) is 5.32 Å². The summed E-state index contributed by atoms with van der Waals surface area (Å²) in [6.07, 6.45) is 1.70. The van der Waals surface area contributed by atoms with E-state index in [2.05, 4.69) is 31.5 Å². The van der Waals surface area contributed by atoms with Crippen LogP contribution in [0.3, 0.4) is 0 Å². The lowest BCUT2D eigenvalue weighted by Crippen LogP contribution is -2.46. The number of hydrogen-bond donors (Lipinski definition) is 4. The van der Waals surface area contributed by atoms with Crippen LogP contribution in [0.5, 0.6) is 0 Å². The minimum absolute atomic E-state index is 0.279. The monoisotopic (exact) mass is 429 g/mol. The van der Waals surface area contributed by atoms with Crippen LogP contribution in [0.25, 0.3) is 22.0 Å². The summed E-state index contributed by atoms with van der Waals surface area (Å²) in [6, 6.07) is 14.6. The van der Waals surface area contributed by atoms with Gasteiger partial charge in [-0.15, -0.1) is 0 Å². The number of fused-ring (bicyclic) bond motifs is 1. The molecule has 3 heterocycles. The maximum atomic E-state index is 13.3. The molecule has 4 N–H and O–H groups in total. The van der Waals surface area contributed by atoms with E-state index >= 15 is 0 Å². The summed E-state index contributed by atoms with van der Waals surface area (Å²) >= 11 is 1.62. The first-order valence-corrected chi connectivity index (χ1v) is 10.7. The Hall–Kier alpha value is -3.91. The number of thiophene rings is 1. The first-order valence-electron chi connectivity index (χ1n) is 9.74. The molecule has 8 heteroatoms. The van der Waals surface area contributed by atoms with E-state index in [1.54, 1.807) is 24.5 Å². The second-order valence-corrected chi connectivity index (χ2v) is 8.11. The molecule has 4 aromatic rings. The number of nitrogens with zero attached hydrogens (tertiary/aromatic N) is 1. The third-order valence-corrected chi connectivity index (χ3v) is 5.97. The summed E-state index contributed by atoms with van der Waals surface area (Å²) < 4.78 is 0. The standard InChI is InChI=1S/C23H19N5O2S/c1-13-20(22(29)26-18-5-6-19-17(10-18)11-24-28-19)21(27-23(30)25-13)15-4-2-3-14(9-15)16-7-8-31-12-16/h2-12,21H,1H3,(H,24,28)(H,26,29)(H2,25,27,30). The maximum absolute atomic E-state index is 13.3. The number of allylic oxidation sites excluding steroid dienone is 1. The summed E-state index contributed by atoms with van der Waals surface area (Å²) in [7, 11) is 0. The molecule has 1 unspecified atom stereocenters. The summed E-state index contributed by atoms with van der Waals surface area (Å²) in [6.45, 7) is 1.74. The normalized spacial score (nSPS) is 16.2. The zero-order chi connectivity index (χ0) is 21.4. The van der Waals surface area contributed by atoms with Gasteiger partial charge < -0.3 is 16.0 Å². The van der Waals surface area contributed by atoms with Crippen LogP contribution >= 0.6 is 11.3 Å². The minimum atomic E-state index is -0.565. The average Bonchev–Trinajstić information content (AvgIpc) is 3.45. The SMILES string of the molecule is CC1=C(C(=O)Nc2ccc3[nH]ncc3c2)C(c2cccc(-c3ccsc3)c2)NC(=O)N1. The van der Waals surface area contributed by atoms with Crippen LogP contribution in [0.15, 0.2) is 76.8 Å². The topological polar surface area (TPSA) is 98.9 Å². The van der Waals surface area contributed by atoms with Crippen molar-refractivity contribution in [1.29, 1.82) is 0 Å². The largest absolute Gasteiger partial charge is 0.327 e. The van der Waals surface area contributed by atoms with Crippen molar-refractivity contribution in [3.8, 4) is 11.1 Å². The highest BCUT2D eigenvalue weighted by Gasteiger charge is 2.31. The lowest BCUT2D eigenvalue weighted by Gasteiger charge is -2.29. The molecule has 1 aliphatic rings. The number of nitrogens with one attached hydrogen (secondary N) is 4. The number of rotatable bonds is 4. The Bertz CT molecular complexity index is 1320. The van der Waals surface area contributed by atoms with Gasteiger partial charge in [0.15, 0.2) is 0 Å². The molecule has 0 bridgehead atoms. The Kier molecular flexibility index (Phi) is 4.76. The third kappa shape index (κ3) is 3.69. The summed E-state index contributed by atoms with van der Waals surface area (Å²) in [5, 5.41) is 20.5. The van der Waals surface area contributed by atoms with Gasteiger partial charge in [-0.25, -0.2) is 4.79 Å². The van der Waals surface area contributed by atoms with Crippen molar-refractivity contribution in [1.82, 2.24) is 20.8 Å². The molecule has 0 fully saturated rings. The Morgan fingerprint density at radius 2 is 2.03 bits per heavy atom. The molecule has 7 nitrogen and oxygen atoms in total. The molecule has 2 aromatic heterocycles. The van der Waals surface area contributed by atoms with E-state index in [1.807, 2.05) is 53.9 Å². The number of aromatic nitrogens is 2. The molecule has 5 rings (SSSR count). The molecular weight excluding hydrogens is 410 g/mol. The molecule has 1 aliphatic heterocycles. The van der Waals surface area contributed by atoms with Crippen molar-refractivity contribution in [3.05, 3.63) is 82.3 Å². The van der Waals surface area contributed by atoms with E-state index in [9.17, 15) is 9.59 Å². The second kappa shape index (κ2) is 7.73. The van der Waals surface area contributed by atoms with Gasteiger partial charge in [-0.1, -0.05) is 18.2 Å². The van der Waals surface area contributed by atoms with Crippen LogP contribution in [-0.2, 0) is 4.79 Å². The smallest absolute Gasteiger partial charge is 0.319 e. The van der Waals surface area contributed by atoms with Gasteiger partial charge in [-0.2, -0.15) is 16.4 Å². The van der Waals surface area contributed by atoms with Crippen molar-refractivity contribution in [3.63, 3.8) is 0 Å². The van der Waals surface area contributed by atoms with Gasteiger partial charge >= 0.3 is 6.03 Å². The number of H-pyrrole nitrogens is 1. The fourth-order valence-electron chi connectivity index (χ4n) is 3.79. The summed E-state index contributed by atoms with van der Waals surface area (Å²) in [5.41, 5.74) is 5.52. The van der Waals surface area contributed by atoms with Gasteiger partial charge in [0.2, 0.25) is 0 Å². The first kappa shape index (κ1) is 19.1. The highest BCUT2D eigenvalue weighted by atomic mass is 32.1. The molecule has 2 aromatic carbocycles. The van der Waals surface area contributed by atoms with Gasteiger partial charge in [-0.05, 0) is 64.7 Å². The van der Waals surface area contributed by atoms with E-state index in [0.717, 1.165) is 27.6 Å². The van der Waals surface area contributed by atoms with Crippen LogP contribution < -0.4 is 16.0 Å². The molecule has 31 heavy (non-hydrogen) atoms. The average molecular weight is 430 g/mol. The second-order valence-electron chi connectivity index (χ2n) is 7.33. The maximum Gasteiger partial charge on any atom is 0.319 e. The van der Waals surface area contributed by atoms with Crippen LogP contribution in [0.1, 0.15) is 18.5 Å². The lowest BCUT2D eigenvalue weighted by molar-refractivity contribution is -0.113. The molecule has 1 atom stereocenters. The predicted molar refractivity (Wildman–Crippen MR) is 122 cm³/mol. The lowest BCUT2D eigenvalue weighted by atomic mass is 9.93. The summed E-state index contributed by atoms with van der Waals surface area (Å²) in [4.78, 5) is 25.5. The Morgan fingerprint density at radius 3 is 2.87 bits per heavy atom. The van der Waals surface area contributed by atoms with Crippen molar-refractivity contribution < 1.29 is 9.59 Å². The molecule has 0 aliphatic carbocycles. The zero-order valence-corrected chi connectivity index (χ0v) is 17.4. The van der Waals surface area contributed by atoms with Crippen LogP contribution in [0, 0.1) is 0 Å². The van der Waals surface area contributed by atoms with Gasteiger partial charge in [0.1, 0.15) is 0 Å². The number of anilines is 1. The molecule has 0 saturated heterocycles. The van der Waals surface area contributed by atoms with E-state index in [-0.39, 0.29) is 11.9 Å². The highest BCUT2D eigenvalue weighted by molar-refractivity contribution is 7.08. The molecular formula is C23H19N5O2S. The number of carbonyl (C=O) groups excluding carboxylic acids is 2. The Morgan fingerprint density at radius 1 is 1.13 bits per heavy atom. The van der Waals surface area contributed by atoms with Gasteiger partial charge in [-0.3, -0.25) is 9.89 Å². The van der Waals surface area contributed by atoms with E-state index in [0.29, 0.717) is 17.0 Å². The Labute approximate surface area is 182 Å². The van der Waals surface area contributed by atoms with E-state index in [4.69, 9.17) is 0 Å². The highest BCUT2D eigenvalue weighted by Crippen LogP contribution is 2.31. The molecule has 3 amide bonds. The predicted octanol–water partition coefficient (Wildman–Crippen LogP) is 4.56. The quantitative estimate of drug-likeness (QED) is 0.383. The third-order valence-electron chi connectivity index (χ3n) is 5.29. The van der Waals surface area contributed by atoms with Gasteiger partial charge in [0, 0.05) is 16.8 Å². The fourth-order valence-corrected chi connectivity index (χ4v) is 4.46. The number of hydrogen-bond acceptors (Lipinski definition) is 4. The number of amides is 3. The first-order chi connectivity index (χ1) is 15.1. The fraction of sp³-hybridized carbons (Fsp3) is 0.0870. The zero-order valence-electron chi connectivity index (χ0n) is 16.6. The minimum Gasteiger partial charge on any atom is -0.327 e. The summed E-state index contributed by atoms with van der Waals surface area (Å²) in [5.74, 6) is -0.279. The number of aromatic amines is 1. The molecule has 0 spiro atoms. The van der Waals surface area contributed by atoms with Crippen LogP contribution in [-0.4, -0.2) is 22.1 Å². The van der Waals surface area contributed by atoms with Gasteiger partial charge in [0.05, 0.1) is 23.3 Å². The molecule has 0 saturated carbocycles. The van der Waals surface area contributed by atoms with Gasteiger partial charge in [0.25, 0.3) is 5.91 Å². The number of urea groups is 1. The van der Waals surface area contributed by atoms with Crippen molar-refractivity contribution in [2.45, 2.75) is 13.0 Å². The number of carbonyl (C=O) groups is 2. The van der Waals surface area contributed by atoms with Crippen molar-refractivity contribution >= 4 is 39.9 Å². The molecule has 0 radical (unpaired) electrons. The number of benzene rings is 2. The van der Waals surface area contributed by atoms with Crippen LogP contribution in [0.4, 0.5) is 10.5 Å². The van der Waals surface area contributed by atoms with E-state index < -0.39 is 6.04 Å². The molecule has 154 valence electrons. The van der Waals surface area contributed by atoms with Crippen molar-refractivity contribution in [2.24, 2.45) is 0 Å².